The van der Waals surface area contributed by atoms with Gasteiger partial charge < -0.3 is 10.2 Å². The summed E-state index contributed by atoms with van der Waals surface area (Å²) in [6.07, 6.45) is 2.17. The van der Waals surface area contributed by atoms with E-state index < -0.39 is 5.25 Å². The molecule has 8 heteroatoms. The second kappa shape index (κ2) is 8.73. The monoisotopic (exact) mass is 440 g/mol. The van der Waals surface area contributed by atoms with Gasteiger partial charge in [0.25, 0.3) is 0 Å². The van der Waals surface area contributed by atoms with Crippen LogP contribution in [0.3, 0.4) is 0 Å². The average molecular weight is 441 g/mol. The Morgan fingerprint density at radius 2 is 2.10 bits per heavy atom. The number of hydrogen-bond donors (Lipinski definition) is 1. The van der Waals surface area contributed by atoms with Crippen molar-refractivity contribution in [2.24, 2.45) is 4.99 Å². The lowest BCUT2D eigenvalue weighted by Crippen LogP contribution is -2.46. The van der Waals surface area contributed by atoms with Crippen molar-refractivity contribution in [2.45, 2.75) is 30.4 Å². The fourth-order valence-corrected chi connectivity index (χ4v) is 5.12. The molecule has 0 spiro atoms. The van der Waals surface area contributed by atoms with E-state index in [4.69, 9.17) is 0 Å². The molecule has 0 bridgehead atoms. The summed E-state index contributed by atoms with van der Waals surface area (Å²) in [6, 6.07) is 14.1. The number of amidine groups is 1. The zero-order valence-corrected chi connectivity index (χ0v) is 18.8. The highest BCUT2D eigenvalue weighted by Gasteiger charge is 2.41. The van der Waals surface area contributed by atoms with E-state index in [0.717, 1.165) is 22.5 Å². The quantitative estimate of drug-likeness (QED) is 0.710. The van der Waals surface area contributed by atoms with E-state index >= 15 is 0 Å². The number of nitrogens with one attached hydrogen (secondary N) is 1. The van der Waals surface area contributed by atoms with E-state index in [1.807, 2.05) is 50.4 Å². The molecule has 2 amide bonds. The number of aliphatic imine (C=N–C) groups is 1. The Bertz CT molecular complexity index is 1020. The Hall–Kier alpha value is -2.45. The van der Waals surface area contributed by atoms with Crippen molar-refractivity contribution in [3.63, 3.8) is 0 Å². The van der Waals surface area contributed by atoms with Gasteiger partial charge in [0.2, 0.25) is 11.8 Å². The van der Waals surface area contributed by atoms with Gasteiger partial charge in [-0.2, -0.15) is 0 Å². The number of fused-ring (bicyclic) bond motifs is 1. The van der Waals surface area contributed by atoms with E-state index in [2.05, 4.69) is 27.3 Å². The smallest absolute Gasteiger partial charge is 0.244 e. The van der Waals surface area contributed by atoms with Gasteiger partial charge in [0.15, 0.2) is 5.17 Å². The van der Waals surface area contributed by atoms with Crippen LogP contribution in [0.15, 0.2) is 52.4 Å². The number of anilines is 2. The van der Waals surface area contributed by atoms with Gasteiger partial charge in [-0.25, -0.2) is 4.99 Å². The Kier molecular flexibility index (Phi) is 6.06. The lowest BCUT2D eigenvalue weighted by Gasteiger charge is -2.32. The van der Waals surface area contributed by atoms with Crippen molar-refractivity contribution < 1.29 is 9.59 Å². The first-order chi connectivity index (χ1) is 14.4. The van der Waals surface area contributed by atoms with Gasteiger partial charge in [0, 0.05) is 22.7 Å². The highest BCUT2D eigenvalue weighted by atomic mass is 32.2. The number of nitrogens with zero attached hydrogens (tertiary/aromatic N) is 3. The molecular formula is C22H24N4O2S2. The Morgan fingerprint density at radius 1 is 1.27 bits per heavy atom. The Balaban J connectivity index is 1.40. The zero-order valence-electron chi connectivity index (χ0n) is 17.2. The second-order valence-electron chi connectivity index (χ2n) is 7.41. The summed E-state index contributed by atoms with van der Waals surface area (Å²) in [5.41, 5.74) is 3.99. The van der Waals surface area contributed by atoms with Gasteiger partial charge >= 0.3 is 0 Å². The first-order valence-electron chi connectivity index (χ1n) is 9.73. The van der Waals surface area contributed by atoms with Crippen LogP contribution in [0.5, 0.6) is 0 Å². The predicted molar refractivity (Wildman–Crippen MR) is 125 cm³/mol. The first-order valence-corrected chi connectivity index (χ1v) is 11.8. The molecule has 2 aliphatic rings. The van der Waals surface area contributed by atoms with E-state index in [1.165, 1.54) is 16.7 Å². The van der Waals surface area contributed by atoms with Crippen LogP contribution in [-0.2, 0) is 9.59 Å². The summed E-state index contributed by atoms with van der Waals surface area (Å²) in [4.78, 5) is 35.0. The fraction of sp³-hybridized carbons (Fsp3) is 0.318. The van der Waals surface area contributed by atoms with Gasteiger partial charge in [0.1, 0.15) is 18.6 Å². The van der Waals surface area contributed by atoms with Gasteiger partial charge in [-0.3, -0.25) is 14.5 Å². The molecule has 4 rings (SSSR count). The lowest BCUT2D eigenvalue weighted by atomic mass is 10.1. The third-order valence-electron chi connectivity index (χ3n) is 5.15. The number of benzene rings is 2. The molecule has 156 valence electrons. The van der Waals surface area contributed by atoms with Gasteiger partial charge in [-0.1, -0.05) is 35.5 Å². The fourth-order valence-electron chi connectivity index (χ4n) is 3.55. The zero-order chi connectivity index (χ0) is 21.3. The Labute approximate surface area is 185 Å². The van der Waals surface area contributed by atoms with Gasteiger partial charge in [-0.05, 0) is 49.9 Å². The third-order valence-corrected chi connectivity index (χ3v) is 7.09. The maximum absolute atomic E-state index is 13.0. The molecule has 0 aliphatic carbocycles. The number of aryl methyl sites for hydroxylation is 2. The van der Waals surface area contributed by atoms with Crippen molar-refractivity contribution >= 4 is 51.9 Å². The largest absolute Gasteiger partial charge is 0.334 e. The summed E-state index contributed by atoms with van der Waals surface area (Å²) in [7, 11) is 0. The number of rotatable bonds is 5. The minimum absolute atomic E-state index is 0.0553. The number of hydrogen-bond acceptors (Lipinski definition) is 6. The average Bonchev–Trinajstić information content (AvgIpc) is 3.05. The van der Waals surface area contributed by atoms with Crippen LogP contribution in [0.4, 0.5) is 11.4 Å². The second-order valence-corrected chi connectivity index (χ2v) is 9.46. The summed E-state index contributed by atoms with van der Waals surface area (Å²) in [5.74, 6) is -0.210. The van der Waals surface area contributed by atoms with E-state index in [1.54, 1.807) is 16.7 Å². The molecular weight excluding hydrogens is 416 g/mol. The number of thioether (sulfide) groups is 2. The van der Waals surface area contributed by atoms with Crippen molar-refractivity contribution in [1.82, 2.24) is 4.90 Å². The van der Waals surface area contributed by atoms with Crippen LogP contribution in [-0.4, -0.2) is 46.7 Å². The molecule has 1 unspecified atom stereocenters. The normalized spacial score (nSPS) is 18.3. The van der Waals surface area contributed by atoms with Crippen LogP contribution in [0.1, 0.15) is 17.5 Å². The molecule has 2 aliphatic heterocycles. The molecule has 1 fully saturated rings. The molecule has 30 heavy (non-hydrogen) atoms. The molecule has 6 nitrogen and oxygen atoms in total. The minimum atomic E-state index is -0.438. The maximum Gasteiger partial charge on any atom is 0.244 e. The standard InChI is InChI=1S/C22H24N4O2S2/c1-14-7-8-18(15(2)9-14)24-20(27)11-19-21(28)26-13-25(12-23-22(26)30-19)16-5-4-6-17(10-16)29-3/h4-10,19H,11-13H2,1-3H3,(H,24,27). The highest BCUT2D eigenvalue weighted by Crippen LogP contribution is 2.33. The van der Waals surface area contributed by atoms with E-state index in [9.17, 15) is 9.59 Å². The lowest BCUT2D eigenvalue weighted by molar-refractivity contribution is -0.128. The van der Waals surface area contributed by atoms with Crippen LogP contribution in [0.2, 0.25) is 0 Å². The predicted octanol–water partition coefficient (Wildman–Crippen LogP) is 4.09. The molecule has 2 aromatic carbocycles. The Morgan fingerprint density at radius 3 is 2.87 bits per heavy atom. The molecule has 0 saturated carbocycles. The molecule has 1 saturated heterocycles. The number of carbonyl (C=O) groups is 2. The van der Waals surface area contributed by atoms with Crippen LogP contribution in [0.25, 0.3) is 0 Å². The van der Waals surface area contributed by atoms with Crippen molar-refractivity contribution in [1.29, 1.82) is 0 Å². The third kappa shape index (κ3) is 4.34. The molecule has 0 aromatic heterocycles. The first kappa shape index (κ1) is 20.8. The summed E-state index contributed by atoms with van der Waals surface area (Å²) in [6.45, 7) is 4.95. The van der Waals surface area contributed by atoms with Gasteiger partial charge in [-0.15, -0.1) is 11.8 Å². The topological polar surface area (TPSA) is 65.0 Å². The SMILES string of the molecule is CSc1cccc(N2CN=C3SC(CC(=O)Nc4ccc(C)cc4C)C(=O)N3C2)c1. The minimum Gasteiger partial charge on any atom is -0.334 e. The van der Waals surface area contributed by atoms with E-state index in [0.29, 0.717) is 18.5 Å². The van der Waals surface area contributed by atoms with E-state index in [-0.39, 0.29) is 18.2 Å². The highest BCUT2D eigenvalue weighted by molar-refractivity contribution is 8.15. The molecule has 1 atom stereocenters. The molecule has 0 radical (unpaired) electrons. The molecule has 2 heterocycles. The maximum atomic E-state index is 13.0. The number of carbonyl (C=O) groups excluding carboxylic acids is 2. The summed E-state index contributed by atoms with van der Waals surface area (Å²) in [5, 5.41) is 3.21. The van der Waals surface area contributed by atoms with Crippen LogP contribution < -0.4 is 10.2 Å². The summed E-state index contributed by atoms with van der Waals surface area (Å²) < 4.78 is 0. The van der Waals surface area contributed by atoms with Crippen molar-refractivity contribution in [3.8, 4) is 0 Å². The van der Waals surface area contributed by atoms with Gasteiger partial charge in [0.05, 0.1) is 0 Å². The van der Waals surface area contributed by atoms with Crippen LogP contribution in [0, 0.1) is 13.8 Å². The summed E-state index contributed by atoms with van der Waals surface area (Å²) >= 11 is 3.07. The number of amides is 2. The van der Waals surface area contributed by atoms with Crippen LogP contribution >= 0.6 is 23.5 Å². The van der Waals surface area contributed by atoms with Crippen molar-refractivity contribution in [3.05, 3.63) is 53.6 Å². The molecule has 1 N–H and O–H groups in total. The molecule has 2 aromatic rings. The van der Waals surface area contributed by atoms with Crippen molar-refractivity contribution in [2.75, 3.05) is 29.8 Å².